The van der Waals surface area contributed by atoms with Crippen molar-refractivity contribution in [2.75, 3.05) is 0 Å². The van der Waals surface area contributed by atoms with Crippen molar-refractivity contribution in [3.05, 3.63) is 80.9 Å². The zero-order valence-electron chi connectivity index (χ0n) is 18.3. The van der Waals surface area contributed by atoms with Crippen LogP contribution in [0.1, 0.15) is 0 Å². The fraction of sp³-hybridized carbons (Fsp3) is 1.00. The van der Waals surface area contributed by atoms with Gasteiger partial charge < -0.3 is 0 Å². The molecular formula is C8H8N16O16. The standard InChI is InChI=1S/C8H8N16O16/c25-17(26)9-1-2-11(19(29)30)5-3(9)13(21(33)34)7-8(15(5)23(37)38)16(24(39)40)6(12(2)20(31)32)4(10(1)18(27)28)14(7)22(35)36/h1-8H. The predicted octanol–water partition coefficient (Wildman–Crippen LogP) is -5.39. The van der Waals surface area contributed by atoms with Crippen LogP contribution in [0.25, 0.3) is 0 Å². The smallest absolute Gasteiger partial charge is 0.235 e. The van der Waals surface area contributed by atoms with Crippen LogP contribution in [0, 0.1) is 80.9 Å². The zero-order chi connectivity index (χ0) is 29.9. The minimum Gasteiger partial charge on any atom is -0.235 e. The maximum Gasteiger partial charge on any atom is 0.272 e. The lowest BCUT2D eigenvalue weighted by Gasteiger charge is -2.63. The van der Waals surface area contributed by atoms with Crippen molar-refractivity contribution in [2.24, 2.45) is 0 Å². The molecule has 0 bridgehead atoms. The summed E-state index contributed by atoms with van der Waals surface area (Å²) in [6.07, 6.45) is -24.2. The third-order valence-electron chi connectivity index (χ3n) is 6.91. The molecule has 0 atom stereocenters. The molecule has 216 valence electrons. The lowest BCUT2D eigenvalue weighted by atomic mass is 9.96. The van der Waals surface area contributed by atoms with Gasteiger partial charge in [0.25, 0.3) is 49.3 Å². The van der Waals surface area contributed by atoms with Gasteiger partial charge >= 0.3 is 0 Å². The van der Waals surface area contributed by atoms with Gasteiger partial charge in [0, 0.05) is 0 Å². The molecule has 0 aromatic rings. The average molecular weight is 584 g/mol. The van der Waals surface area contributed by atoms with Gasteiger partial charge in [0.05, 0.1) is 0 Å². The normalized spacial score (nSPS) is 33.2. The van der Waals surface area contributed by atoms with E-state index in [2.05, 4.69) is 0 Å². The molecule has 0 unspecified atom stereocenters. The fourth-order valence-corrected chi connectivity index (χ4v) is 5.95. The van der Waals surface area contributed by atoms with Crippen molar-refractivity contribution >= 4 is 0 Å². The van der Waals surface area contributed by atoms with Crippen LogP contribution in [0.15, 0.2) is 0 Å². The number of fused-ring (bicyclic) bond motifs is 4. The maximum absolute atomic E-state index is 12.2. The first-order valence-electron chi connectivity index (χ1n) is 9.99. The molecule has 4 fully saturated rings. The highest BCUT2D eigenvalue weighted by atomic mass is 16.7. The summed E-state index contributed by atoms with van der Waals surface area (Å²) < 4.78 is 0. The number of hydrogen-bond acceptors (Lipinski definition) is 16. The van der Waals surface area contributed by atoms with Crippen molar-refractivity contribution < 1.29 is 40.3 Å². The number of piperazine rings is 4. The zero-order valence-corrected chi connectivity index (χ0v) is 18.3. The highest BCUT2D eigenvalue weighted by Gasteiger charge is 2.90. The number of nitrogens with zero attached hydrogens (tertiary/aromatic N) is 16. The third kappa shape index (κ3) is 2.65. The van der Waals surface area contributed by atoms with Gasteiger partial charge in [-0.1, -0.05) is 40.1 Å². The lowest BCUT2D eigenvalue weighted by molar-refractivity contribution is -0.904. The molecule has 4 saturated heterocycles. The Kier molecular flexibility index (Phi) is 4.78. The van der Waals surface area contributed by atoms with Crippen LogP contribution in [0.2, 0.25) is 0 Å². The molecule has 40 heavy (non-hydrogen) atoms. The fourth-order valence-electron chi connectivity index (χ4n) is 5.95. The Bertz CT molecular complexity index is 973. The van der Waals surface area contributed by atoms with Crippen molar-refractivity contribution in [2.45, 2.75) is 49.3 Å². The quantitative estimate of drug-likeness (QED) is 0.190. The summed E-state index contributed by atoms with van der Waals surface area (Å²) in [5.74, 6) is 0. The predicted molar refractivity (Wildman–Crippen MR) is 101 cm³/mol. The Balaban J connectivity index is 2.03. The summed E-state index contributed by atoms with van der Waals surface area (Å²) in [7, 11) is 0. The molecule has 4 rings (SSSR count). The highest BCUT2D eigenvalue weighted by Crippen LogP contribution is 2.51. The summed E-state index contributed by atoms with van der Waals surface area (Å²) in [5, 5.41) is 81.0. The maximum atomic E-state index is 12.2. The Morgan fingerprint density at radius 2 is 0.325 bits per heavy atom. The van der Waals surface area contributed by atoms with Crippen LogP contribution in [0.4, 0.5) is 0 Å². The van der Waals surface area contributed by atoms with Crippen LogP contribution in [-0.4, -0.2) is 130 Å². The highest BCUT2D eigenvalue weighted by molar-refractivity contribution is 5.09. The molecule has 32 heteroatoms. The van der Waals surface area contributed by atoms with Crippen LogP contribution >= 0.6 is 0 Å². The number of hydrogen-bond donors (Lipinski definition) is 0. The van der Waals surface area contributed by atoms with Gasteiger partial charge in [-0.3, -0.25) is 0 Å². The molecule has 0 radical (unpaired) electrons. The molecule has 4 heterocycles. The number of hydrazine groups is 8. The molecule has 0 aliphatic carbocycles. The third-order valence-corrected chi connectivity index (χ3v) is 6.91. The molecule has 0 aromatic carbocycles. The van der Waals surface area contributed by atoms with Gasteiger partial charge in [-0.15, -0.1) is 0 Å². The minimum atomic E-state index is -3.02. The van der Waals surface area contributed by atoms with Crippen molar-refractivity contribution in [1.29, 1.82) is 0 Å². The molecule has 4 aliphatic heterocycles. The van der Waals surface area contributed by atoms with E-state index in [0.717, 1.165) is 0 Å². The molecule has 0 aromatic heterocycles. The second-order valence-electron chi connectivity index (χ2n) is 8.25. The molecule has 32 nitrogen and oxygen atoms in total. The molecule has 4 aliphatic rings. The van der Waals surface area contributed by atoms with Crippen molar-refractivity contribution in [3.8, 4) is 0 Å². The minimum absolute atomic E-state index is 0.487. The first kappa shape index (κ1) is 25.3. The van der Waals surface area contributed by atoms with Crippen LogP contribution in [-0.2, 0) is 0 Å². The topological polar surface area (TPSA) is 371 Å². The molecule has 0 saturated carbocycles. The summed E-state index contributed by atoms with van der Waals surface area (Å²) in [4.78, 5) is 97.9. The summed E-state index contributed by atoms with van der Waals surface area (Å²) >= 11 is 0. The lowest BCUT2D eigenvalue weighted by Crippen LogP contribution is -3.00. The van der Waals surface area contributed by atoms with Gasteiger partial charge in [0.2, 0.25) is 0 Å². The molecule has 0 spiro atoms. The van der Waals surface area contributed by atoms with Crippen molar-refractivity contribution in [1.82, 2.24) is 40.1 Å². The van der Waals surface area contributed by atoms with E-state index >= 15 is 0 Å². The van der Waals surface area contributed by atoms with Crippen LogP contribution in [0.5, 0.6) is 0 Å². The first-order chi connectivity index (χ1) is 18.6. The molecule has 0 amide bonds. The van der Waals surface area contributed by atoms with E-state index in [9.17, 15) is 80.9 Å². The largest absolute Gasteiger partial charge is 0.272 e. The van der Waals surface area contributed by atoms with E-state index in [1.165, 1.54) is 0 Å². The van der Waals surface area contributed by atoms with E-state index in [4.69, 9.17) is 0 Å². The summed E-state index contributed by atoms with van der Waals surface area (Å²) in [6, 6.07) is 0. The van der Waals surface area contributed by atoms with Crippen LogP contribution in [0.3, 0.4) is 0 Å². The molecule has 0 N–H and O–H groups in total. The van der Waals surface area contributed by atoms with E-state index in [-0.39, 0.29) is 0 Å². The Morgan fingerprint density at radius 3 is 0.375 bits per heavy atom. The SMILES string of the molecule is O=[N+]([O-])N1C2C3N([N+](=O)[O-])C4C1N([N+](=O)[O-])C1C(N4[N+](=O)[O-])N([N+](=O)[O-])C(C(N2[N+](=O)[O-])N1[N+](=O)[O-])N3[N+](=O)[O-]. The Labute approximate surface area is 211 Å². The van der Waals surface area contributed by atoms with E-state index in [1.54, 1.807) is 0 Å². The summed E-state index contributed by atoms with van der Waals surface area (Å²) in [5.41, 5.74) is 0. The van der Waals surface area contributed by atoms with Gasteiger partial charge in [0.1, 0.15) is 0 Å². The van der Waals surface area contributed by atoms with E-state index in [0.29, 0.717) is 0 Å². The summed E-state index contributed by atoms with van der Waals surface area (Å²) in [6.45, 7) is 0. The molecular weight excluding hydrogens is 576 g/mol. The van der Waals surface area contributed by atoms with Gasteiger partial charge in [-0.2, -0.15) is 0 Å². The van der Waals surface area contributed by atoms with Gasteiger partial charge in [-0.05, 0) is 0 Å². The second-order valence-corrected chi connectivity index (χ2v) is 8.25. The van der Waals surface area contributed by atoms with Gasteiger partial charge in [-0.25, -0.2) is 80.9 Å². The van der Waals surface area contributed by atoms with E-state index in [1.807, 2.05) is 0 Å². The monoisotopic (exact) mass is 584 g/mol. The van der Waals surface area contributed by atoms with Crippen LogP contribution < -0.4 is 0 Å². The first-order valence-corrected chi connectivity index (χ1v) is 9.99. The Morgan fingerprint density at radius 1 is 0.250 bits per heavy atom. The van der Waals surface area contributed by atoms with E-state index < -0.39 is 130 Å². The second kappa shape index (κ2) is 7.56. The number of rotatable bonds is 8. The Hall–Kier alpha value is -6.40. The number of nitro groups is 8. The van der Waals surface area contributed by atoms with Gasteiger partial charge in [0.15, 0.2) is 40.3 Å². The average Bonchev–Trinajstić information content (AvgIpc) is 2.80. The van der Waals surface area contributed by atoms with Crippen molar-refractivity contribution in [3.63, 3.8) is 0 Å².